The molecule has 0 bridgehead atoms. The van der Waals surface area contributed by atoms with Crippen LogP contribution in [0.5, 0.6) is 11.5 Å². The Bertz CT molecular complexity index is 2240. The van der Waals surface area contributed by atoms with Crippen molar-refractivity contribution in [3.8, 4) is 22.6 Å². The second-order valence-corrected chi connectivity index (χ2v) is 14.8. The van der Waals surface area contributed by atoms with Gasteiger partial charge < -0.3 is 18.9 Å². The number of fused-ring (bicyclic) bond motifs is 2. The lowest BCUT2D eigenvalue weighted by molar-refractivity contribution is -0.181. The molecule has 2 aromatic carbocycles. The molecule has 1 aliphatic carbocycles. The maximum atomic E-state index is 16.3. The van der Waals surface area contributed by atoms with Crippen molar-refractivity contribution in [2.75, 3.05) is 45.3 Å². The molecular weight excluding hydrogens is 674 g/mol. The standard InChI is InChI=1S/C38H42F2N6O6/c1-42-17-25(23-7-5-8-24(23)35(42)49)22-15-30(51-3)26(31(16-22)52-4)18-44-14-13-37(38(39,40)21-44)19-45(20-37)27-9-6-10-28-33(27)43(2)36(50)46(28)29-11-12-32(47)41-34(29)48/h6,9-10,15-17,29H,5,7-8,11-14,18-21H2,1-4H3,(H,41,47,48). The van der Waals surface area contributed by atoms with E-state index in [-0.39, 0.29) is 50.4 Å². The lowest BCUT2D eigenvalue weighted by Crippen LogP contribution is -2.70. The van der Waals surface area contributed by atoms with Gasteiger partial charge in [-0.2, -0.15) is 0 Å². The normalized spacial score (nSPS) is 21.0. The first-order chi connectivity index (χ1) is 24.9. The zero-order valence-corrected chi connectivity index (χ0v) is 29.8. The molecule has 12 nitrogen and oxygen atoms in total. The van der Waals surface area contributed by atoms with Crippen molar-refractivity contribution in [2.45, 2.75) is 57.0 Å². The maximum absolute atomic E-state index is 16.3. The third-order valence-electron chi connectivity index (χ3n) is 11.8. The van der Waals surface area contributed by atoms with E-state index in [0.29, 0.717) is 40.3 Å². The van der Waals surface area contributed by atoms with Crippen molar-refractivity contribution in [3.63, 3.8) is 0 Å². The molecule has 8 rings (SSSR count). The van der Waals surface area contributed by atoms with Gasteiger partial charge in [0.1, 0.15) is 17.5 Å². The molecule has 14 heteroatoms. The molecule has 0 saturated carbocycles. The maximum Gasteiger partial charge on any atom is 0.329 e. The van der Waals surface area contributed by atoms with Crippen molar-refractivity contribution >= 4 is 28.5 Å². The van der Waals surface area contributed by atoms with E-state index in [1.54, 1.807) is 49.9 Å². The molecule has 5 heterocycles. The number of anilines is 1. The van der Waals surface area contributed by atoms with Gasteiger partial charge in [0.05, 0.1) is 48.5 Å². The SMILES string of the molecule is COc1cc(-c2cn(C)c(=O)c3c2CCC3)cc(OC)c1CN1CCC2(CN(c3cccc4c3n(C)c(=O)n4C3CCC(=O)NC3=O)C2)C(F)(F)C1. The van der Waals surface area contributed by atoms with E-state index in [1.165, 1.54) is 9.13 Å². The van der Waals surface area contributed by atoms with Gasteiger partial charge in [-0.05, 0) is 74.0 Å². The highest BCUT2D eigenvalue weighted by molar-refractivity contribution is 6.00. The van der Waals surface area contributed by atoms with Gasteiger partial charge >= 0.3 is 5.69 Å². The van der Waals surface area contributed by atoms with Crippen LogP contribution in [0.1, 0.15) is 48.4 Å². The van der Waals surface area contributed by atoms with Gasteiger partial charge in [-0.25, -0.2) is 13.6 Å². The average Bonchev–Trinajstić information content (AvgIpc) is 3.69. The van der Waals surface area contributed by atoms with Crippen molar-refractivity contribution in [1.29, 1.82) is 0 Å². The Kier molecular flexibility index (Phi) is 8.08. The van der Waals surface area contributed by atoms with Crippen LogP contribution in [0.25, 0.3) is 22.2 Å². The summed E-state index contributed by atoms with van der Waals surface area (Å²) in [5.41, 5.74) is 4.50. The zero-order valence-electron chi connectivity index (χ0n) is 29.8. The van der Waals surface area contributed by atoms with Gasteiger partial charge in [-0.15, -0.1) is 0 Å². The molecule has 3 aliphatic heterocycles. The molecule has 2 aromatic heterocycles. The molecule has 1 N–H and O–H groups in total. The molecule has 4 aliphatic rings. The number of hydrogen-bond acceptors (Lipinski definition) is 8. The predicted molar refractivity (Wildman–Crippen MR) is 190 cm³/mol. The lowest BCUT2D eigenvalue weighted by Gasteiger charge is -2.58. The van der Waals surface area contributed by atoms with Gasteiger partial charge in [0.25, 0.3) is 11.5 Å². The number of hydrogen-bond donors (Lipinski definition) is 1. The number of ether oxygens (including phenoxy) is 2. The molecule has 3 fully saturated rings. The van der Waals surface area contributed by atoms with E-state index >= 15 is 8.78 Å². The summed E-state index contributed by atoms with van der Waals surface area (Å²) >= 11 is 0. The van der Waals surface area contributed by atoms with Gasteiger partial charge in [0.15, 0.2) is 0 Å². The highest BCUT2D eigenvalue weighted by atomic mass is 19.3. The fourth-order valence-electron chi connectivity index (χ4n) is 8.95. The largest absolute Gasteiger partial charge is 0.496 e. The highest BCUT2D eigenvalue weighted by Crippen LogP contribution is 2.52. The van der Waals surface area contributed by atoms with Crippen molar-refractivity contribution in [1.82, 2.24) is 23.9 Å². The topological polar surface area (TPSA) is 120 Å². The van der Waals surface area contributed by atoms with Crippen LogP contribution in [-0.4, -0.2) is 76.7 Å². The lowest BCUT2D eigenvalue weighted by atomic mass is 9.68. The van der Waals surface area contributed by atoms with E-state index in [2.05, 4.69) is 5.32 Å². The quantitative estimate of drug-likeness (QED) is 0.289. The predicted octanol–water partition coefficient (Wildman–Crippen LogP) is 3.54. The minimum atomic E-state index is -3.00. The number of amides is 2. The van der Waals surface area contributed by atoms with Crippen LogP contribution in [0.15, 0.2) is 46.1 Å². The Morgan fingerprint density at radius 3 is 2.33 bits per heavy atom. The van der Waals surface area contributed by atoms with Gasteiger partial charge in [-0.1, -0.05) is 6.07 Å². The van der Waals surface area contributed by atoms with Crippen LogP contribution in [0.3, 0.4) is 0 Å². The molecule has 2 amide bonds. The number of likely N-dealkylation sites (tertiary alicyclic amines) is 1. The second kappa shape index (κ2) is 12.3. The number of para-hydroxylation sites is 1. The van der Waals surface area contributed by atoms with Crippen molar-refractivity contribution in [2.24, 2.45) is 19.5 Å². The first kappa shape index (κ1) is 34.1. The first-order valence-electron chi connectivity index (χ1n) is 17.7. The van der Waals surface area contributed by atoms with Crippen LogP contribution < -0.4 is 30.9 Å². The molecule has 1 atom stereocenters. The minimum absolute atomic E-state index is 0.0247. The summed E-state index contributed by atoms with van der Waals surface area (Å²) in [4.78, 5) is 54.3. The monoisotopic (exact) mass is 716 g/mol. The Balaban J connectivity index is 1.02. The van der Waals surface area contributed by atoms with E-state index < -0.39 is 35.5 Å². The number of carbonyl (C=O) groups is 2. The number of aromatic nitrogens is 3. The third-order valence-corrected chi connectivity index (χ3v) is 11.8. The van der Waals surface area contributed by atoms with Crippen LogP contribution in [0, 0.1) is 5.41 Å². The Hall–Kier alpha value is -4.98. The van der Waals surface area contributed by atoms with Gasteiger partial charge in [0, 0.05) is 57.5 Å². The highest BCUT2D eigenvalue weighted by Gasteiger charge is 2.62. The summed E-state index contributed by atoms with van der Waals surface area (Å²) in [7, 11) is 6.49. The van der Waals surface area contributed by atoms with Crippen LogP contribution >= 0.6 is 0 Å². The third kappa shape index (κ3) is 5.16. The average molecular weight is 717 g/mol. The van der Waals surface area contributed by atoms with E-state index in [4.69, 9.17) is 9.47 Å². The second-order valence-electron chi connectivity index (χ2n) is 14.8. The van der Waals surface area contributed by atoms with Crippen molar-refractivity contribution < 1.29 is 27.8 Å². The number of nitrogens with one attached hydrogen (secondary N) is 1. The summed E-state index contributed by atoms with van der Waals surface area (Å²) in [5.74, 6) is -2.82. The summed E-state index contributed by atoms with van der Waals surface area (Å²) < 4.78 is 48.7. The van der Waals surface area contributed by atoms with Crippen LogP contribution in [-0.2, 0) is 43.1 Å². The van der Waals surface area contributed by atoms with E-state index in [1.807, 2.05) is 29.3 Å². The molecule has 1 spiro atoms. The van der Waals surface area contributed by atoms with Crippen LogP contribution in [0.4, 0.5) is 14.5 Å². The van der Waals surface area contributed by atoms with E-state index in [9.17, 15) is 19.2 Å². The number of nitrogens with zero attached hydrogens (tertiary/aromatic N) is 5. The molecule has 4 aromatic rings. The number of halogens is 2. The number of carbonyl (C=O) groups excluding carboxylic acids is 2. The van der Waals surface area contributed by atoms with Gasteiger partial charge in [0.2, 0.25) is 11.8 Å². The summed E-state index contributed by atoms with van der Waals surface area (Å²) in [6.45, 7) is 0.465. The Labute approximate surface area is 298 Å². The number of piperidine rings is 2. The number of alkyl halides is 2. The summed E-state index contributed by atoms with van der Waals surface area (Å²) in [6.07, 6.45) is 4.95. The molecule has 1 unspecified atom stereocenters. The molecule has 52 heavy (non-hydrogen) atoms. The minimum Gasteiger partial charge on any atom is -0.496 e. The number of rotatable bonds is 7. The molecule has 274 valence electrons. The first-order valence-corrected chi connectivity index (χ1v) is 17.7. The molecule has 0 radical (unpaired) electrons. The Morgan fingerprint density at radius 2 is 1.65 bits per heavy atom. The Morgan fingerprint density at radius 1 is 0.942 bits per heavy atom. The zero-order chi connectivity index (χ0) is 36.7. The van der Waals surface area contributed by atoms with E-state index in [0.717, 1.165) is 41.5 Å². The fraction of sp³-hybridized carbons (Fsp3) is 0.474. The number of imide groups is 1. The number of benzene rings is 2. The molecule has 3 saturated heterocycles. The fourth-order valence-corrected chi connectivity index (χ4v) is 8.95. The van der Waals surface area contributed by atoms with Crippen molar-refractivity contribution in [3.05, 3.63) is 74.1 Å². The number of imidazole rings is 1. The number of methoxy groups -OCH3 is 2. The summed E-state index contributed by atoms with van der Waals surface area (Å²) in [5, 5.41) is 2.32. The number of aryl methyl sites for hydroxylation is 2. The summed E-state index contributed by atoms with van der Waals surface area (Å²) in [6, 6.07) is 8.32. The number of pyridine rings is 1. The smallest absolute Gasteiger partial charge is 0.329 e. The van der Waals surface area contributed by atoms with Crippen LogP contribution in [0.2, 0.25) is 0 Å². The van der Waals surface area contributed by atoms with Gasteiger partial charge in [-0.3, -0.25) is 33.7 Å². The molecular formula is C38H42F2N6O6.